The number of likely N-dealkylation sites (tertiary alicyclic amines) is 1. The van der Waals surface area contributed by atoms with Gasteiger partial charge in [0.1, 0.15) is 0 Å². The second-order valence-corrected chi connectivity index (χ2v) is 8.06. The van der Waals surface area contributed by atoms with E-state index in [9.17, 15) is 4.79 Å². The zero-order valence-corrected chi connectivity index (χ0v) is 16.5. The van der Waals surface area contributed by atoms with E-state index in [1.54, 1.807) is 0 Å². The molecule has 6 heteroatoms. The molecule has 0 aromatic heterocycles. The van der Waals surface area contributed by atoms with Crippen molar-refractivity contribution >= 4 is 34.2 Å². The number of nitrogens with one attached hydrogen (secondary N) is 1. The Labute approximate surface area is 158 Å². The summed E-state index contributed by atoms with van der Waals surface area (Å²) < 4.78 is 1.08. The summed E-state index contributed by atoms with van der Waals surface area (Å²) >= 11 is 2.25. The molecule has 24 heavy (non-hydrogen) atoms. The molecule has 2 saturated heterocycles. The number of benzene rings is 1. The van der Waals surface area contributed by atoms with Crippen LogP contribution in [0.25, 0.3) is 0 Å². The molecule has 5 nitrogen and oxygen atoms in total. The molecule has 0 bridgehead atoms. The van der Waals surface area contributed by atoms with Gasteiger partial charge < -0.3 is 10.2 Å². The van der Waals surface area contributed by atoms with Gasteiger partial charge in [0.05, 0.1) is 12.2 Å². The second-order valence-electron chi connectivity index (χ2n) is 6.90. The van der Waals surface area contributed by atoms with Crippen LogP contribution in [0.4, 0.5) is 5.69 Å². The van der Waals surface area contributed by atoms with E-state index in [2.05, 4.69) is 49.7 Å². The average Bonchev–Trinajstić information content (AvgIpc) is 2.58. The highest BCUT2D eigenvalue weighted by molar-refractivity contribution is 14.1. The van der Waals surface area contributed by atoms with Gasteiger partial charge in [0, 0.05) is 42.3 Å². The van der Waals surface area contributed by atoms with Crippen molar-refractivity contribution in [1.82, 2.24) is 14.7 Å². The summed E-state index contributed by atoms with van der Waals surface area (Å²) in [7, 11) is 2.22. The first kappa shape index (κ1) is 18.1. The van der Waals surface area contributed by atoms with E-state index >= 15 is 0 Å². The number of hydrogen-bond acceptors (Lipinski definition) is 4. The van der Waals surface area contributed by atoms with Crippen LogP contribution in [0.1, 0.15) is 12.8 Å². The lowest BCUT2D eigenvalue weighted by molar-refractivity contribution is -0.117. The summed E-state index contributed by atoms with van der Waals surface area (Å²) in [5.74, 6) is 0.0879. The average molecular weight is 442 g/mol. The summed E-state index contributed by atoms with van der Waals surface area (Å²) in [6.45, 7) is 7.04. The Balaban J connectivity index is 1.43. The minimum Gasteiger partial charge on any atom is -0.324 e. The van der Waals surface area contributed by atoms with Crippen LogP contribution in [0.3, 0.4) is 0 Å². The number of carbonyl (C=O) groups is 1. The summed E-state index contributed by atoms with van der Waals surface area (Å²) in [4.78, 5) is 19.6. The second kappa shape index (κ2) is 8.60. The number of amides is 1. The number of piperazine rings is 1. The van der Waals surface area contributed by atoms with Crippen LogP contribution in [0, 0.1) is 3.57 Å². The topological polar surface area (TPSA) is 38.8 Å². The van der Waals surface area contributed by atoms with Gasteiger partial charge in [-0.25, -0.2) is 0 Å². The van der Waals surface area contributed by atoms with E-state index in [4.69, 9.17) is 0 Å². The lowest BCUT2D eigenvalue weighted by Gasteiger charge is -2.42. The van der Waals surface area contributed by atoms with Crippen molar-refractivity contribution in [3.63, 3.8) is 0 Å². The molecule has 2 aliphatic heterocycles. The number of nitrogens with zero attached hydrogens (tertiary/aromatic N) is 3. The fourth-order valence-electron chi connectivity index (χ4n) is 3.68. The Morgan fingerprint density at radius 3 is 2.67 bits per heavy atom. The Hall–Kier alpha value is -0.700. The van der Waals surface area contributed by atoms with Gasteiger partial charge in [-0.05, 0) is 61.2 Å². The SMILES string of the molecule is CN1CCCC(N2CCN(CC(=O)Nc3ccccc3I)CC2)C1. The normalized spacial score (nSPS) is 24.0. The van der Waals surface area contributed by atoms with Crippen LogP contribution in [0.5, 0.6) is 0 Å². The Bertz CT molecular complexity index is 560. The lowest BCUT2D eigenvalue weighted by atomic mass is 10.0. The van der Waals surface area contributed by atoms with Crippen molar-refractivity contribution in [3.05, 3.63) is 27.8 Å². The molecular formula is C18H27IN4O. The maximum Gasteiger partial charge on any atom is 0.238 e. The highest BCUT2D eigenvalue weighted by atomic mass is 127. The molecule has 2 fully saturated rings. The van der Waals surface area contributed by atoms with Gasteiger partial charge in [-0.1, -0.05) is 12.1 Å². The maximum atomic E-state index is 12.3. The zero-order chi connectivity index (χ0) is 16.9. The number of piperidine rings is 1. The highest BCUT2D eigenvalue weighted by Gasteiger charge is 2.27. The molecule has 0 aliphatic carbocycles. The van der Waals surface area contributed by atoms with Crippen molar-refractivity contribution in [2.24, 2.45) is 0 Å². The number of para-hydroxylation sites is 1. The van der Waals surface area contributed by atoms with Crippen LogP contribution in [0.15, 0.2) is 24.3 Å². The van der Waals surface area contributed by atoms with Crippen molar-refractivity contribution in [1.29, 1.82) is 0 Å². The molecule has 1 unspecified atom stereocenters. The number of likely N-dealkylation sites (N-methyl/N-ethyl adjacent to an activating group) is 1. The molecule has 1 N–H and O–H groups in total. The predicted octanol–water partition coefficient (Wildman–Crippen LogP) is 1.94. The number of anilines is 1. The van der Waals surface area contributed by atoms with Gasteiger partial charge in [0.2, 0.25) is 5.91 Å². The van der Waals surface area contributed by atoms with Crippen LogP contribution >= 0.6 is 22.6 Å². The van der Waals surface area contributed by atoms with Crippen LogP contribution in [-0.4, -0.2) is 79.5 Å². The third-order valence-corrected chi connectivity index (χ3v) is 5.98. The quantitative estimate of drug-likeness (QED) is 0.724. The molecule has 1 aromatic rings. The minimum absolute atomic E-state index is 0.0879. The van der Waals surface area contributed by atoms with E-state index in [-0.39, 0.29) is 5.91 Å². The molecule has 0 radical (unpaired) electrons. The summed E-state index contributed by atoms with van der Waals surface area (Å²) in [6.07, 6.45) is 2.62. The van der Waals surface area contributed by atoms with Crippen LogP contribution in [0.2, 0.25) is 0 Å². The Morgan fingerprint density at radius 2 is 1.96 bits per heavy atom. The first-order valence-corrected chi connectivity index (χ1v) is 9.89. The summed E-state index contributed by atoms with van der Waals surface area (Å²) in [5.41, 5.74) is 0.909. The Kier molecular flexibility index (Phi) is 6.49. The summed E-state index contributed by atoms with van der Waals surface area (Å²) in [5, 5.41) is 3.03. The van der Waals surface area contributed by atoms with Gasteiger partial charge in [0.15, 0.2) is 0 Å². The minimum atomic E-state index is 0.0879. The molecule has 2 aliphatic rings. The molecule has 3 rings (SSSR count). The number of halogens is 1. The van der Waals surface area contributed by atoms with E-state index in [0.29, 0.717) is 12.6 Å². The standard InChI is InChI=1S/C18H27IN4O/c1-21-8-4-5-15(13-21)23-11-9-22(10-12-23)14-18(24)20-17-7-3-2-6-16(17)19/h2-3,6-7,15H,4-5,8-14H2,1H3,(H,20,24). The van der Waals surface area contributed by atoms with Crippen molar-refractivity contribution in [3.8, 4) is 0 Å². The molecule has 132 valence electrons. The molecule has 0 saturated carbocycles. The van der Waals surface area contributed by atoms with Gasteiger partial charge in [-0.3, -0.25) is 14.6 Å². The number of hydrogen-bond donors (Lipinski definition) is 1. The van der Waals surface area contributed by atoms with Crippen LogP contribution in [-0.2, 0) is 4.79 Å². The molecule has 1 atom stereocenters. The fourth-order valence-corrected chi connectivity index (χ4v) is 4.20. The molecular weight excluding hydrogens is 415 g/mol. The van der Waals surface area contributed by atoms with Crippen LogP contribution < -0.4 is 5.32 Å². The van der Waals surface area contributed by atoms with Crippen molar-refractivity contribution in [2.75, 3.05) is 58.2 Å². The zero-order valence-electron chi connectivity index (χ0n) is 14.4. The highest BCUT2D eigenvalue weighted by Crippen LogP contribution is 2.18. The van der Waals surface area contributed by atoms with E-state index in [1.165, 1.54) is 25.9 Å². The number of carbonyl (C=O) groups excluding carboxylic acids is 1. The van der Waals surface area contributed by atoms with E-state index in [0.717, 1.165) is 35.4 Å². The van der Waals surface area contributed by atoms with Gasteiger partial charge in [-0.2, -0.15) is 0 Å². The third-order valence-electron chi connectivity index (χ3n) is 5.04. The van der Waals surface area contributed by atoms with Gasteiger partial charge in [-0.15, -0.1) is 0 Å². The largest absolute Gasteiger partial charge is 0.324 e. The van der Waals surface area contributed by atoms with Gasteiger partial charge >= 0.3 is 0 Å². The molecule has 2 heterocycles. The van der Waals surface area contributed by atoms with Crippen molar-refractivity contribution < 1.29 is 4.79 Å². The third kappa shape index (κ3) is 4.91. The molecule has 1 aromatic carbocycles. The van der Waals surface area contributed by atoms with Gasteiger partial charge in [0.25, 0.3) is 0 Å². The predicted molar refractivity (Wildman–Crippen MR) is 106 cm³/mol. The Morgan fingerprint density at radius 1 is 1.21 bits per heavy atom. The van der Waals surface area contributed by atoms with E-state index < -0.39 is 0 Å². The van der Waals surface area contributed by atoms with Crippen molar-refractivity contribution in [2.45, 2.75) is 18.9 Å². The van der Waals surface area contributed by atoms with E-state index in [1.807, 2.05) is 24.3 Å². The maximum absolute atomic E-state index is 12.3. The summed E-state index contributed by atoms with van der Waals surface area (Å²) in [6, 6.07) is 8.61. The first-order valence-electron chi connectivity index (χ1n) is 8.81. The fraction of sp³-hybridized carbons (Fsp3) is 0.611. The lowest BCUT2D eigenvalue weighted by Crippen LogP contribution is -2.55. The molecule has 1 amide bonds. The number of rotatable bonds is 4. The smallest absolute Gasteiger partial charge is 0.238 e. The monoisotopic (exact) mass is 442 g/mol. The molecule has 0 spiro atoms. The first-order chi connectivity index (χ1) is 11.6.